The van der Waals surface area contributed by atoms with Gasteiger partial charge in [0.05, 0.1) is 4.88 Å². The Bertz CT molecular complexity index is 938. The third kappa shape index (κ3) is 3.09. The van der Waals surface area contributed by atoms with Crippen molar-refractivity contribution in [3.63, 3.8) is 0 Å². The van der Waals surface area contributed by atoms with Crippen LogP contribution in [0.4, 0.5) is 13.2 Å². The summed E-state index contributed by atoms with van der Waals surface area (Å²) in [6.45, 7) is 1.07. The Labute approximate surface area is 151 Å². The molecule has 1 fully saturated rings. The van der Waals surface area contributed by atoms with Gasteiger partial charge in [0, 0.05) is 30.9 Å². The summed E-state index contributed by atoms with van der Waals surface area (Å²) in [5.74, 6) is -0.00406. The molecule has 1 aliphatic rings. The second-order valence-corrected chi connectivity index (χ2v) is 7.46. The van der Waals surface area contributed by atoms with E-state index in [0.717, 1.165) is 29.9 Å². The summed E-state index contributed by atoms with van der Waals surface area (Å²) < 4.78 is 38.2. The van der Waals surface area contributed by atoms with Gasteiger partial charge in [-0.2, -0.15) is 13.2 Å². The first-order valence-electron chi connectivity index (χ1n) is 8.32. The molecule has 4 heterocycles. The van der Waals surface area contributed by atoms with E-state index in [4.69, 9.17) is 0 Å². The zero-order chi connectivity index (χ0) is 18.3. The fourth-order valence-electron chi connectivity index (χ4n) is 3.47. The number of alkyl halides is 3. The van der Waals surface area contributed by atoms with E-state index >= 15 is 0 Å². The molecule has 0 spiro atoms. The second kappa shape index (κ2) is 6.42. The summed E-state index contributed by atoms with van der Waals surface area (Å²) in [6.07, 6.45) is 0.866. The predicted octanol–water partition coefficient (Wildman–Crippen LogP) is 4.66. The summed E-state index contributed by atoms with van der Waals surface area (Å²) in [6, 6.07) is 6.17. The normalized spacial score (nSPS) is 16.3. The fourth-order valence-corrected chi connectivity index (χ4v) is 4.31. The van der Waals surface area contributed by atoms with E-state index in [9.17, 15) is 18.0 Å². The molecule has 4 nitrogen and oxygen atoms in total. The molecule has 136 valence electrons. The van der Waals surface area contributed by atoms with Gasteiger partial charge in [0.25, 0.3) is 5.91 Å². The van der Waals surface area contributed by atoms with E-state index in [1.807, 2.05) is 18.3 Å². The Hall–Kier alpha value is -2.35. The maximum Gasteiger partial charge on any atom is 0.425 e. The third-order valence-corrected chi connectivity index (χ3v) is 5.92. The van der Waals surface area contributed by atoms with Crippen molar-refractivity contribution >= 4 is 28.3 Å². The van der Waals surface area contributed by atoms with Gasteiger partial charge in [-0.15, -0.1) is 11.3 Å². The van der Waals surface area contributed by atoms with Crippen LogP contribution in [0, 0.1) is 0 Å². The van der Waals surface area contributed by atoms with Gasteiger partial charge in [0.2, 0.25) is 0 Å². The van der Waals surface area contributed by atoms with Crippen molar-refractivity contribution in [2.24, 2.45) is 0 Å². The van der Waals surface area contributed by atoms with E-state index < -0.39 is 11.1 Å². The first kappa shape index (κ1) is 17.1. The van der Waals surface area contributed by atoms with Crippen molar-refractivity contribution in [3.8, 4) is 0 Å². The standard InChI is InChI=1S/C18H16F3N3OS/c19-18(20,21)15-4-3-14(26-15)17(25)24-8-5-11(6-9-24)13-10-23-16-12(13)2-1-7-22-16/h1-4,7,10-11H,5-6,8-9H2,(H,22,23). The van der Waals surface area contributed by atoms with Gasteiger partial charge in [0.1, 0.15) is 10.5 Å². The number of amides is 1. The van der Waals surface area contributed by atoms with Crippen LogP contribution in [-0.2, 0) is 6.18 Å². The molecule has 0 aromatic carbocycles. The Morgan fingerprint density at radius 2 is 2.00 bits per heavy atom. The number of hydrogen-bond donors (Lipinski definition) is 1. The van der Waals surface area contributed by atoms with Crippen LogP contribution in [0.2, 0.25) is 0 Å². The number of nitrogens with zero attached hydrogens (tertiary/aromatic N) is 2. The smallest absolute Gasteiger partial charge is 0.346 e. The number of H-pyrrole nitrogens is 1. The molecule has 1 amide bonds. The zero-order valence-electron chi connectivity index (χ0n) is 13.7. The molecule has 4 rings (SSSR count). The Morgan fingerprint density at radius 1 is 1.23 bits per heavy atom. The van der Waals surface area contributed by atoms with Crippen LogP contribution in [0.15, 0.2) is 36.7 Å². The van der Waals surface area contributed by atoms with Gasteiger partial charge in [-0.1, -0.05) is 0 Å². The third-order valence-electron chi connectivity index (χ3n) is 4.80. The van der Waals surface area contributed by atoms with E-state index in [0.29, 0.717) is 30.3 Å². The first-order chi connectivity index (χ1) is 12.4. The van der Waals surface area contributed by atoms with E-state index in [1.165, 1.54) is 11.6 Å². The van der Waals surface area contributed by atoms with E-state index in [2.05, 4.69) is 9.97 Å². The topological polar surface area (TPSA) is 49.0 Å². The summed E-state index contributed by atoms with van der Waals surface area (Å²) in [5.41, 5.74) is 2.04. The van der Waals surface area contributed by atoms with E-state index in [-0.39, 0.29) is 10.8 Å². The average molecular weight is 379 g/mol. The van der Waals surface area contributed by atoms with Gasteiger partial charge in [-0.05, 0) is 48.6 Å². The number of carbonyl (C=O) groups is 1. The van der Waals surface area contributed by atoms with Crippen molar-refractivity contribution in [2.45, 2.75) is 24.9 Å². The molecule has 0 atom stereocenters. The van der Waals surface area contributed by atoms with E-state index in [1.54, 1.807) is 11.1 Å². The van der Waals surface area contributed by atoms with Crippen LogP contribution in [-0.4, -0.2) is 33.9 Å². The van der Waals surface area contributed by atoms with Crippen LogP contribution < -0.4 is 0 Å². The molecule has 0 aliphatic carbocycles. The van der Waals surface area contributed by atoms with Gasteiger partial charge >= 0.3 is 6.18 Å². The number of aromatic amines is 1. The van der Waals surface area contributed by atoms with Crippen molar-refractivity contribution in [2.75, 3.05) is 13.1 Å². The Morgan fingerprint density at radius 3 is 2.69 bits per heavy atom. The van der Waals surface area contributed by atoms with Crippen LogP contribution in [0.25, 0.3) is 11.0 Å². The van der Waals surface area contributed by atoms with Gasteiger partial charge < -0.3 is 9.88 Å². The quantitative estimate of drug-likeness (QED) is 0.704. The van der Waals surface area contributed by atoms with Gasteiger partial charge in [-0.25, -0.2) is 4.98 Å². The minimum Gasteiger partial charge on any atom is -0.346 e. The number of nitrogens with one attached hydrogen (secondary N) is 1. The molecular formula is C18H16F3N3OS. The predicted molar refractivity (Wildman–Crippen MR) is 93.3 cm³/mol. The van der Waals surface area contributed by atoms with Gasteiger partial charge in [-0.3, -0.25) is 4.79 Å². The zero-order valence-corrected chi connectivity index (χ0v) is 14.5. The SMILES string of the molecule is O=C(c1ccc(C(F)(F)F)s1)N1CCC(c2c[nH]c3ncccc23)CC1. The molecule has 1 aliphatic heterocycles. The molecule has 0 radical (unpaired) electrons. The minimum atomic E-state index is -4.40. The van der Waals surface area contributed by atoms with Gasteiger partial charge in [0.15, 0.2) is 0 Å². The molecule has 3 aromatic rings. The number of thiophene rings is 1. The molecule has 0 unspecified atom stereocenters. The van der Waals surface area contributed by atoms with Crippen molar-refractivity contribution in [1.82, 2.24) is 14.9 Å². The Balaban J connectivity index is 1.45. The molecule has 1 saturated heterocycles. The Kier molecular flexibility index (Phi) is 4.22. The highest BCUT2D eigenvalue weighted by Gasteiger charge is 2.34. The number of aromatic nitrogens is 2. The van der Waals surface area contributed by atoms with Crippen LogP contribution in [0.5, 0.6) is 0 Å². The molecule has 1 N–H and O–H groups in total. The fraction of sp³-hybridized carbons (Fsp3) is 0.333. The number of halogens is 3. The van der Waals surface area contributed by atoms with Crippen LogP contribution >= 0.6 is 11.3 Å². The lowest BCUT2D eigenvalue weighted by molar-refractivity contribution is -0.134. The number of hydrogen-bond acceptors (Lipinski definition) is 3. The molecule has 26 heavy (non-hydrogen) atoms. The van der Waals surface area contributed by atoms with Crippen molar-refractivity contribution in [1.29, 1.82) is 0 Å². The number of pyridine rings is 1. The van der Waals surface area contributed by atoms with Crippen LogP contribution in [0.1, 0.15) is 38.9 Å². The monoisotopic (exact) mass is 379 g/mol. The summed E-state index contributed by atoms with van der Waals surface area (Å²) in [5, 5.41) is 1.09. The summed E-state index contributed by atoms with van der Waals surface area (Å²) in [7, 11) is 0. The number of fused-ring (bicyclic) bond motifs is 1. The molecule has 3 aromatic heterocycles. The average Bonchev–Trinajstić information content (AvgIpc) is 3.28. The largest absolute Gasteiger partial charge is 0.425 e. The highest BCUT2D eigenvalue weighted by atomic mass is 32.1. The lowest BCUT2D eigenvalue weighted by Gasteiger charge is -2.31. The molecule has 0 bridgehead atoms. The summed E-state index contributed by atoms with van der Waals surface area (Å²) >= 11 is 0.513. The number of rotatable bonds is 2. The lowest BCUT2D eigenvalue weighted by atomic mass is 9.89. The van der Waals surface area contributed by atoms with Crippen LogP contribution in [0.3, 0.4) is 0 Å². The highest BCUT2D eigenvalue weighted by Crippen LogP contribution is 2.36. The van der Waals surface area contributed by atoms with Crippen molar-refractivity contribution in [3.05, 3.63) is 52.0 Å². The maximum atomic E-state index is 12.7. The minimum absolute atomic E-state index is 0.145. The molecule has 8 heteroatoms. The number of likely N-dealkylation sites (tertiary alicyclic amines) is 1. The molecular weight excluding hydrogens is 363 g/mol. The molecule has 0 saturated carbocycles. The summed E-state index contributed by atoms with van der Waals surface area (Å²) in [4.78, 5) is 21.0. The second-order valence-electron chi connectivity index (χ2n) is 6.37. The number of carbonyl (C=O) groups excluding carboxylic acids is 1. The maximum absolute atomic E-state index is 12.7. The van der Waals surface area contributed by atoms with Crippen molar-refractivity contribution < 1.29 is 18.0 Å². The first-order valence-corrected chi connectivity index (χ1v) is 9.13. The number of piperidine rings is 1. The highest BCUT2D eigenvalue weighted by molar-refractivity contribution is 7.14. The lowest BCUT2D eigenvalue weighted by Crippen LogP contribution is -2.37.